The number of rotatable bonds is 3. The average Bonchev–Trinajstić information content (AvgIpc) is 2.21. The summed E-state index contributed by atoms with van der Waals surface area (Å²) in [6, 6.07) is 7.67. The molecule has 0 saturated carbocycles. The first-order valence-corrected chi connectivity index (χ1v) is 5.07. The second-order valence-electron chi connectivity index (χ2n) is 3.49. The predicted molar refractivity (Wildman–Crippen MR) is 66.8 cm³/mol. The van der Waals surface area contributed by atoms with Crippen molar-refractivity contribution in [2.75, 3.05) is 14.1 Å². The molecule has 0 spiro atoms. The van der Waals surface area contributed by atoms with Crippen molar-refractivity contribution in [3.05, 3.63) is 40.9 Å². The molecule has 0 aliphatic carbocycles. The van der Waals surface area contributed by atoms with E-state index in [1.165, 1.54) is 0 Å². The number of terminal acetylenes is 1. The van der Waals surface area contributed by atoms with Crippen LogP contribution in [0.15, 0.2) is 30.3 Å². The van der Waals surface area contributed by atoms with Gasteiger partial charge in [-0.15, -0.1) is 6.42 Å². The molecule has 2 heteroatoms. The van der Waals surface area contributed by atoms with Crippen molar-refractivity contribution in [1.82, 2.24) is 4.90 Å². The van der Waals surface area contributed by atoms with Gasteiger partial charge in [0.1, 0.15) is 0 Å². The molecule has 0 aromatic heterocycles. The Balaban J connectivity index is 2.73. The summed E-state index contributed by atoms with van der Waals surface area (Å²) in [6.45, 7) is 0. The smallest absolute Gasteiger partial charge is 0.0896 e. The van der Waals surface area contributed by atoms with Gasteiger partial charge < -0.3 is 0 Å². The predicted octanol–water partition coefficient (Wildman–Crippen LogP) is 2.92. The first kappa shape index (κ1) is 11.8. The molecule has 0 heterocycles. The topological polar surface area (TPSA) is 3.24 Å². The van der Waals surface area contributed by atoms with Gasteiger partial charge in [-0.3, -0.25) is 4.90 Å². The molecule has 1 aromatic carbocycles. The fourth-order valence-corrected chi connectivity index (χ4v) is 1.28. The van der Waals surface area contributed by atoms with Crippen LogP contribution in [-0.2, 0) is 0 Å². The third kappa shape index (κ3) is 3.79. The monoisotopic (exact) mass is 219 g/mol. The summed E-state index contributed by atoms with van der Waals surface area (Å²) in [6.07, 6.45) is 9.39. The van der Waals surface area contributed by atoms with E-state index in [1.807, 2.05) is 55.4 Å². The number of halogens is 1. The Morgan fingerprint density at radius 1 is 1.33 bits per heavy atom. The van der Waals surface area contributed by atoms with Crippen LogP contribution in [0.3, 0.4) is 0 Å². The van der Waals surface area contributed by atoms with Crippen LogP contribution in [0.5, 0.6) is 0 Å². The summed E-state index contributed by atoms with van der Waals surface area (Å²) in [7, 11) is 3.91. The quantitative estimate of drug-likeness (QED) is 0.707. The van der Waals surface area contributed by atoms with Crippen LogP contribution in [0.25, 0.3) is 6.08 Å². The van der Waals surface area contributed by atoms with Gasteiger partial charge in [-0.05, 0) is 31.8 Å². The molecule has 0 aliphatic heterocycles. The zero-order valence-corrected chi connectivity index (χ0v) is 9.70. The molecule has 15 heavy (non-hydrogen) atoms. The Bertz CT molecular complexity index is 371. The van der Waals surface area contributed by atoms with E-state index >= 15 is 0 Å². The van der Waals surface area contributed by atoms with E-state index in [0.717, 1.165) is 10.6 Å². The minimum atomic E-state index is 0.0284. The molecule has 0 N–H and O–H groups in total. The van der Waals surface area contributed by atoms with Crippen molar-refractivity contribution in [1.29, 1.82) is 0 Å². The summed E-state index contributed by atoms with van der Waals surface area (Å²) in [5, 5.41) is 0.744. The van der Waals surface area contributed by atoms with Crippen molar-refractivity contribution in [3.8, 4) is 12.3 Å². The van der Waals surface area contributed by atoms with Crippen molar-refractivity contribution in [3.63, 3.8) is 0 Å². The zero-order chi connectivity index (χ0) is 11.3. The van der Waals surface area contributed by atoms with Crippen LogP contribution in [0.1, 0.15) is 5.56 Å². The molecule has 0 amide bonds. The Hall–Kier alpha value is -1.23. The summed E-state index contributed by atoms with van der Waals surface area (Å²) < 4.78 is 0. The van der Waals surface area contributed by atoms with Crippen molar-refractivity contribution in [2.45, 2.75) is 6.04 Å². The first-order chi connectivity index (χ1) is 7.13. The third-order valence-electron chi connectivity index (χ3n) is 2.07. The van der Waals surface area contributed by atoms with E-state index in [0.29, 0.717) is 0 Å². The second-order valence-corrected chi connectivity index (χ2v) is 3.92. The van der Waals surface area contributed by atoms with Crippen LogP contribution in [-0.4, -0.2) is 25.0 Å². The van der Waals surface area contributed by atoms with Gasteiger partial charge in [-0.1, -0.05) is 41.8 Å². The maximum atomic E-state index is 5.79. The molecular weight excluding hydrogens is 206 g/mol. The molecule has 1 nitrogen and oxygen atoms in total. The van der Waals surface area contributed by atoms with Gasteiger partial charge in [0.25, 0.3) is 0 Å². The van der Waals surface area contributed by atoms with Crippen molar-refractivity contribution < 1.29 is 0 Å². The number of hydrogen-bond acceptors (Lipinski definition) is 1. The Morgan fingerprint density at radius 2 is 1.93 bits per heavy atom. The van der Waals surface area contributed by atoms with Gasteiger partial charge in [0.15, 0.2) is 0 Å². The zero-order valence-electron chi connectivity index (χ0n) is 8.94. The fourth-order valence-electron chi connectivity index (χ4n) is 1.15. The van der Waals surface area contributed by atoms with Gasteiger partial charge in [-0.2, -0.15) is 0 Å². The van der Waals surface area contributed by atoms with Gasteiger partial charge in [-0.25, -0.2) is 0 Å². The first-order valence-electron chi connectivity index (χ1n) is 4.70. The summed E-state index contributed by atoms with van der Waals surface area (Å²) in [5.74, 6) is 2.70. The van der Waals surface area contributed by atoms with E-state index in [4.69, 9.17) is 18.0 Å². The summed E-state index contributed by atoms with van der Waals surface area (Å²) >= 11 is 5.79. The van der Waals surface area contributed by atoms with Crippen molar-refractivity contribution in [2.24, 2.45) is 0 Å². The van der Waals surface area contributed by atoms with Crippen LogP contribution < -0.4 is 0 Å². The maximum Gasteiger partial charge on any atom is 0.0896 e. The Labute approximate surface area is 96.4 Å². The van der Waals surface area contributed by atoms with E-state index in [2.05, 4.69) is 5.92 Å². The molecule has 0 fully saturated rings. The van der Waals surface area contributed by atoms with Gasteiger partial charge in [0.2, 0.25) is 0 Å². The molecule has 0 saturated heterocycles. The lowest BCUT2D eigenvalue weighted by molar-refractivity contribution is 0.401. The largest absolute Gasteiger partial charge is 0.293 e. The molecule has 78 valence electrons. The van der Waals surface area contributed by atoms with Crippen LogP contribution in [0.4, 0.5) is 0 Å². The van der Waals surface area contributed by atoms with E-state index in [9.17, 15) is 0 Å². The second kappa shape index (κ2) is 5.60. The number of benzene rings is 1. The van der Waals surface area contributed by atoms with Crippen LogP contribution >= 0.6 is 11.6 Å². The molecule has 1 unspecified atom stereocenters. The molecule has 1 aromatic rings. The van der Waals surface area contributed by atoms with Gasteiger partial charge in [0, 0.05) is 5.02 Å². The highest BCUT2D eigenvalue weighted by Crippen LogP contribution is 2.11. The lowest BCUT2D eigenvalue weighted by Crippen LogP contribution is -2.23. The van der Waals surface area contributed by atoms with E-state index < -0.39 is 0 Å². The molecular formula is C13H14ClN. The highest BCUT2D eigenvalue weighted by atomic mass is 35.5. The maximum absolute atomic E-state index is 5.79. The minimum Gasteiger partial charge on any atom is -0.293 e. The van der Waals surface area contributed by atoms with E-state index in [-0.39, 0.29) is 6.04 Å². The highest BCUT2D eigenvalue weighted by Gasteiger charge is 2.00. The van der Waals surface area contributed by atoms with Crippen molar-refractivity contribution >= 4 is 17.7 Å². The molecule has 0 radical (unpaired) electrons. The summed E-state index contributed by atoms with van der Waals surface area (Å²) in [5.41, 5.74) is 1.10. The SMILES string of the molecule is C#CC(C=Cc1ccc(Cl)cc1)N(C)C. The Morgan fingerprint density at radius 3 is 2.40 bits per heavy atom. The minimum absolute atomic E-state index is 0.0284. The molecule has 0 bridgehead atoms. The number of likely N-dealkylation sites (N-methyl/N-ethyl adjacent to an activating group) is 1. The van der Waals surface area contributed by atoms with Crippen LogP contribution in [0, 0.1) is 12.3 Å². The van der Waals surface area contributed by atoms with Gasteiger partial charge >= 0.3 is 0 Å². The fraction of sp³-hybridized carbons (Fsp3) is 0.231. The standard InChI is InChI=1S/C13H14ClN/c1-4-13(15(2)3)10-7-11-5-8-12(14)9-6-11/h1,5-10,13H,2-3H3. The Kier molecular flexibility index (Phi) is 4.42. The summed E-state index contributed by atoms with van der Waals surface area (Å²) in [4.78, 5) is 1.98. The molecule has 0 aliphatic rings. The lowest BCUT2D eigenvalue weighted by Gasteiger charge is -2.14. The normalized spacial score (nSPS) is 13.0. The molecule has 1 atom stereocenters. The van der Waals surface area contributed by atoms with Crippen LogP contribution in [0.2, 0.25) is 5.02 Å². The van der Waals surface area contributed by atoms with Gasteiger partial charge in [0.05, 0.1) is 6.04 Å². The third-order valence-corrected chi connectivity index (χ3v) is 2.32. The number of nitrogens with zero attached hydrogens (tertiary/aromatic N) is 1. The lowest BCUT2D eigenvalue weighted by atomic mass is 10.1. The molecule has 1 rings (SSSR count). The number of hydrogen-bond donors (Lipinski definition) is 0. The van der Waals surface area contributed by atoms with E-state index in [1.54, 1.807) is 0 Å². The highest BCUT2D eigenvalue weighted by molar-refractivity contribution is 6.30. The average molecular weight is 220 g/mol.